The fourth-order valence-electron chi connectivity index (χ4n) is 3.38. The van der Waals surface area contributed by atoms with Crippen molar-refractivity contribution in [3.63, 3.8) is 0 Å². The molecule has 2 rings (SSSR count). The summed E-state index contributed by atoms with van der Waals surface area (Å²) in [5.41, 5.74) is 1.57. The summed E-state index contributed by atoms with van der Waals surface area (Å²) in [6.07, 6.45) is 6.77. The van der Waals surface area contributed by atoms with Crippen molar-refractivity contribution in [2.75, 3.05) is 19.0 Å². The smallest absolute Gasteiger partial charge is 0.412 e. The van der Waals surface area contributed by atoms with Crippen LogP contribution < -0.4 is 5.32 Å². The van der Waals surface area contributed by atoms with Crippen LogP contribution >= 0.6 is 0 Å². The monoisotopic (exact) mass is 347 g/mol. The molecule has 0 unspecified atom stereocenters. The van der Waals surface area contributed by atoms with Gasteiger partial charge in [-0.15, -0.1) is 0 Å². The highest BCUT2D eigenvalue weighted by molar-refractivity contribution is 5.84. The van der Waals surface area contributed by atoms with Crippen molar-refractivity contribution in [2.24, 2.45) is 11.8 Å². The zero-order valence-electron chi connectivity index (χ0n) is 16.1. The first-order valence-corrected chi connectivity index (χ1v) is 9.46. The largest absolute Gasteiger partial charge is 0.443 e. The Kier molecular flexibility index (Phi) is 7.30. The van der Waals surface area contributed by atoms with Crippen LogP contribution in [0.5, 0.6) is 0 Å². The first-order valence-electron chi connectivity index (χ1n) is 9.46. The Balaban J connectivity index is 1.80. The van der Waals surface area contributed by atoms with E-state index in [1.165, 1.54) is 31.2 Å². The van der Waals surface area contributed by atoms with Gasteiger partial charge in [0.1, 0.15) is 5.60 Å². The SMILES string of the molecule is COCCC(C)(C)OC(=O)Nc1ccc(CC2CCC(C)CC2)cc1. The number of methoxy groups -OCH3 is 1. The Hall–Kier alpha value is -1.55. The minimum absolute atomic E-state index is 0.421. The van der Waals surface area contributed by atoms with Crippen LogP contribution in [0.15, 0.2) is 24.3 Å². The van der Waals surface area contributed by atoms with Gasteiger partial charge >= 0.3 is 6.09 Å². The zero-order chi connectivity index (χ0) is 18.3. The van der Waals surface area contributed by atoms with Crippen LogP contribution in [0.4, 0.5) is 10.5 Å². The zero-order valence-corrected chi connectivity index (χ0v) is 16.1. The molecule has 0 atom stereocenters. The standard InChI is InChI=1S/C21H33NO3/c1-16-5-7-17(8-6-16)15-18-9-11-19(12-10-18)22-20(23)25-21(2,3)13-14-24-4/h9-12,16-17H,5-8,13-15H2,1-4H3,(H,22,23). The van der Waals surface area contributed by atoms with E-state index >= 15 is 0 Å². The normalized spacial score (nSPS) is 21.0. The van der Waals surface area contributed by atoms with Gasteiger partial charge in [0.25, 0.3) is 0 Å². The van der Waals surface area contributed by atoms with E-state index in [-0.39, 0.29) is 0 Å². The fraction of sp³-hybridized carbons (Fsp3) is 0.667. The summed E-state index contributed by atoms with van der Waals surface area (Å²) in [5, 5.41) is 2.81. The van der Waals surface area contributed by atoms with E-state index in [1.54, 1.807) is 7.11 Å². The van der Waals surface area contributed by atoms with Crippen LogP contribution in [0.25, 0.3) is 0 Å². The highest BCUT2D eigenvalue weighted by atomic mass is 16.6. The van der Waals surface area contributed by atoms with Gasteiger partial charge in [0.05, 0.1) is 0 Å². The number of carbonyl (C=O) groups is 1. The minimum atomic E-state index is -0.543. The molecular weight excluding hydrogens is 314 g/mol. The molecule has 1 N–H and O–H groups in total. The molecule has 0 radical (unpaired) electrons. The maximum atomic E-state index is 12.0. The molecule has 1 aliphatic carbocycles. The summed E-state index contributed by atoms with van der Waals surface area (Å²) in [7, 11) is 1.64. The summed E-state index contributed by atoms with van der Waals surface area (Å²) in [4.78, 5) is 12.0. The number of benzene rings is 1. The van der Waals surface area contributed by atoms with Gasteiger partial charge < -0.3 is 9.47 Å². The summed E-state index contributed by atoms with van der Waals surface area (Å²) in [6, 6.07) is 8.15. The lowest BCUT2D eigenvalue weighted by Crippen LogP contribution is -2.31. The molecular formula is C21H33NO3. The van der Waals surface area contributed by atoms with Crippen molar-refractivity contribution in [1.82, 2.24) is 0 Å². The molecule has 0 spiro atoms. The number of nitrogens with one attached hydrogen (secondary N) is 1. The molecule has 0 bridgehead atoms. The summed E-state index contributed by atoms with van der Waals surface area (Å²) < 4.78 is 10.5. The van der Waals surface area contributed by atoms with E-state index in [0.717, 1.165) is 23.9 Å². The summed E-state index contributed by atoms with van der Waals surface area (Å²) in [6.45, 7) is 6.70. The molecule has 1 amide bonds. The molecule has 4 nitrogen and oxygen atoms in total. The lowest BCUT2D eigenvalue weighted by Gasteiger charge is -2.26. The van der Waals surface area contributed by atoms with Gasteiger partial charge in [-0.3, -0.25) is 5.32 Å². The van der Waals surface area contributed by atoms with Crippen LogP contribution in [0.3, 0.4) is 0 Å². The van der Waals surface area contributed by atoms with E-state index in [1.807, 2.05) is 26.0 Å². The lowest BCUT2D eigenvalue weighted by atomic mass is 9.80. The third-order valence-electron chi connectivity index (χ3n) is 5.14. The Morgan fingerprint density at radius 3 is 2.40 bits per heavy atom. The van der Waals surface area contributed by atoms with E-state index < -0.39 is 11.7 Å². The van der Waals surface area contributed by atoms with Crippen LogP contribution in [0.1, 0.15) is 58.4 Å². The van der Waals surface area contributed by atoms with Gasteiger partial charge in [-0.05, 0) is 62.6 Å². The van der Waals surface area contributed by atoms with E-state index in [9.17, 15) is 4.79 Å². The van der Waals surface area contributed by atoms with E-state index in [0.29, 0.717) is 13.0 Å². The average Bonchev–Trinajstić information content (AvgIpc) is 2.56. The number of hydrogen-bond donors (Lipinski definition) is 1. The molecule has 140 valence electrons. The molecule has 0 heterocycles. The highest BCUT2D eigenvalue weighted by Crippen LogP contribution is 2.30. The number of ether oxygens (including phenoxy) is 2. The molecule has 0 saturated heterocycles. The number of anilines is 1. The van der Waals surface area contributed by atoms with Gasteiger partial charge in [0, 0.05) is 25.8 Å². The van der Waals surface area contributed by atoms with Crippen molar-refractivity contribution >= 4 is 11.8 Å². The Morgan fingerprint density at radius 1 is 1.16 bits per heavy atom. The lowest BCUT2D eigenvalue weighted by molar-refractivity contribution is 0.0226. The second-order valence-corrected chi connectivity index (χ2v) is 8.04. The number of hydrogen-bond acceptors (Lipinski definition) is 3. The first-order chi connectivity index (χ1) is 11.9. The molecule has 0 aromatic heterocycles. The Morgan fingerprint density at radius 2 is 1.80 bits per heavy atom. The molecule has 25 heavy (non-hydrogen) atoms. The molecule has 4 heteroatoms. The molecule has 1 aromatic rings. The number of rotatable bonds is 7. The Bertz CT molecular complexity index is 531. The first kappa shape index (κ1) is 19.8. The predicted octanol–water partition coefficient (Wildman–Crippen LogP) is 5.42. The van der Waals surface area contributed by atoms with E-state index in [4.69, 9.17) is 9.47 Å². The van der Waals surface area contributed by atoms with Crippen molar-refractivity contribution < 1.29 is 14.3 Å². The predicted molar refractivity (Wildman–Crippen MR) is 102 cm³/mol. The summed E-state index contributed by atoms with van der Waals surface area (Å²) in [5.74, 6) is 1.70. The van der Waals surface area contributed by atoms with E-state index in [2.05, 4.69) is 24.4 Å². The summed E-state index contributed by atoms with van der Waals surface area (Å²) >= 11 is 0. The molecule has 1 aliphatic rings. The minimum Gasteiger partial charge on any atom is -0.443 e. The highest BCUT2D eigenvalue weighted by Gasteiger charge is 2.23. The van der Waals surface area contributed by atoms with Crippen molar-refractivity contribution in [1.29, 1.82) is 0 Å². The second kappa shape index (κ2) is 9.23. The van der Waals surface area contributed by atoms with Crippen molar-refractivity contribution in [3.8, 4) is 0 Å². The maximum absolute atomic E-state index is 12.0. The van der Waals surface area contributed by atoms with Crippen LogP contribution in [-0.4, -0.2) is 25.4 Å². The number of carbonyl (C=O) groups excluding carboxylic acids is 1. The molecule has 1 aromatic carbocycles. The third kappa shape index (κ3) is 7.07. The quantitative estimate of drug-likeness (QED) is 0.716. The van der Waals surface area contributed by atoms with Crippen LogP contribution in [0, 0.1) is 11.8 Å². The van der Waals surface area contributed by atoms with Crippen molar-refractivity contribution in [3.05, 3.63) is 29.8 Å². The van der Waals surface area contributed by atoms with Crippen LogP contribution in [0.2, 0.25) is 0 Å². The second-order valence-electron chi connectivity index (χ2n) is 8.04. The van der Waals surface area contributed by atoms with Crippen molar-refractivity contribution in [2.45, 2.75) is 64.9 Å². The average molecular weight is 347 g/mol. The van der Waals surface area contributed by atoms with Gasteiger partial charge in [-0.25, -0.2) is 4.79 Å². The maximum Gasteiger partial charge on any atom is 0.412 e. The van der Waals surface area contributed by atoms with Gasteiger partial charge in [0.2, 0.25) is 0 Å². The van der Waals surface area contributed by atoms with Crippen LogP contribution in [-0.2, 0) is 15.9 Å². The fourth-order valence-corrected chi connectivity index (χ4v) is 3.38. The van der Waals surface area contributed by atoms with Gasteiger partial charge in [-0.1, -0.05) is 31.9 Å². The Labute approximate surface area is 152 Å². The molecule has 1 saturated carbocycles. The molecule has 1 fully saturated rings. The molecule has 0 aliphatic heterocycles. The number of amides is 1. The van der Waals surface area contributed by atoms with Gasteiger partial charge in [0.15, 0.2) is 0 Å². The topological polar surface area (TPSA) is 47.6 Å². The van der Waals surface area contributed by atoms with Gasteiger partial charge in [-0.2, -0.15) is 0 Å². The third-order valence-corrected chi connectivity index (χ3v) is 5.14.